The van der Waals surface area contributed by atoms with Gasteiger partial charge in [0.15, 0.2) is 11.6 Å². The van der Waals surface area contributed by atoms with Gasteiger partial charge in [0.1, 0.15) is 12.0 Å². The van der Waals surface area contributed by atoms with Crippen LogP contribution in [-0.4, -0.2) is 37.4 Å². The number of rotatable bonds is 3. The summed E-state index contributed by atoms with van der Waals surface area (Å²) in [6.07, 6.45) is 2.92. The minimum absolute atomic E-state index is 0.00365. The SMILES string of the molecule is COc1c(C2CC2)cc(N)nc1N1CC2C(N)CCC(F)C2C1. The number of hydrogen-bond acceptors (Lipinski definition) is 5. The first-order valence-electron chi connectivity index (χ1n) is 8.57. The van der Waals surface area contributed by atoms with Crippen LogP contribution in [0.25, 0.3) is 0 Å². The molecule has 3 fully saturated rings. The summed E-state index contributed by atoms with van der Waals surface area (Å²) in [6.45, 7) is 1.39. The number of nitrogens with zero attached hydrogens (tertiary/aromatic N) is 2. The summed E-state index contributed by atoms with van der Waals surface area (Å²) in [4.78, 5) is 6.65. The summed E-state index contributed by atoms with van der Waals surface area (Å²) in [5.74, 6) is 2.80. The fourth-order valence-electron chi connectivity index (χ4n) is 4.32. The molecule has 1 aromatic rings. The molecule has 4 N–H and O–H groups in total. The van der Waals surface area contributed by atoms with Crippen LogP contribution in [-0.2, 0) is 0 Å². The van der Waals surface area contributed by atoms with E-state index >= 15 is 0 Å². The number of halogens is 1. The molecule has 5 nitrogen and oxygen atoms in total. The van der Waals surface area contributed by atoms with E-state index in [4.69, 9.17) is 16.2 Å². The van der Waals surface area contributed by atoms with Gasteiger partial charge in [0.25, 0.3) is 0 Å². The lowest BCUT2D eigenvalue weighted by atomic mass is 9.77. The summed E-state index contributed by atoms with van der Waals surface area (Å²) in [5, 5.41) is 0. The van der Waals surface area contributed by atoms with Gasteiger partial charge in [-0.05, 0) is 43.6 Å². The van der Waals surface area contributed by atoms with Crippen molar-refractivity contribution < 1.29 is 9.13 Å². The number of fused-ring (bicyclic) bond motifs is 1. The van der Waals surface area contributed by atoms with E-state index in [9.17, 15) is 4.39 Å². The summed E-state index contributed by atoms with van der Waals surface area (Å²) in [6, 6.07) is 2.00. The number of nitrogens with two attached hydrogens (primary N) is 2. The Morgan fingerprint density at radius 1 is 1.22 bits per heavy atom. The fourth-order valence-corrected chi connectivity index (χ4v) is 4.32. The molecule has 126 valence electrons. The molecule has 4 atom stereocenters. The number of anilines is 2. The van der Waals surface area contributed by atoms with E-state index < -0.39 is 6.17 Å². The first-order valence-corrected chi connectivity index (χ1v) is 8.57. The zero-order valence-electron chi connectivity index (χ0n) is 13.5. The molecule has 1 aromatic heterocycles. The number of ether oxygens (including phenoxy) is 1. The van der Waals surface area contributed by atoms with Crippen LogP contribution >= 0.6 is 0 Å². The van der Waals surface area contributed by atoms with E-state index in [1.807, 2.05) is 6.07 Å². The van der Waals surface area contributed by atoms with Crippen molar-refractivity contribution in [3.8, 4) is 5.75 Å². The van der Waals surface area contributed by atoms with Gasteiger partial charge in [-0.25, -0.2) is 9.37 Å². The molecule has 1 aliphatic heterocycles. The molecule has 2 saturated carbocycles. The lowest BCUT2D eigenvalue weighted by Crippen LogP contribution is -2.43. The van der Waals surface area contributed by atoms with Crippen molar-refractivity contribution in [3.63, 3.8) is 0 Å². The highest BCUT2D eigenvalue weighted by molar-refractivity contribution is 5.63. The van der Waals surface area contributed by atoms with Gasteiger partial charge in [-0.1, -0.05) is 0 Å². The second-order valence-electron chi connectivity index (χ2n) is 7.26. The van der Waals surface area contributed by atoms with Crippen molar-refractivity contribution in [1.29, 1.82) is 0 Å². The zero-order valence-corrected chi connectivity index (χ0v) is 13.5. The van der Waals surface area contributed by atoms with Gasteiger partial charge in [0.05, 0.1) is 7.11 Å². The van der Waals surface area contributed by atoms with Crippen molar-refractivity contribution >= 4 is 11.6 Å². The molecule has 2 heterocycles. The quantitative estimate of drug-likeness (QED) is 0.891. The van der Waals surface area contributed by atoms with E-state index in [0.29, 0.717) is 24.7 Å². The van der Waals surface area contributed by atoms with Gasteiger partial charge >= 0.3 is 0 Å². The Bertz CT molecular complexity index is 589. The van der Waals surface area contributed by atoms with Crippen LogP contribution in [0.15, 0.2) is 6.07 Å². The van der Waals surface area contributed by atoms with E-state index in [1.54, 1.807) is 7.11 Å². The van der Waals surface area contributed by atoms with Crippen molar-refractivity contribution in [2.75, 3.05) is 30.8 Å². The third kappa shape index (κ3) is 2.53. The lowest BCUT2D eigenvalue weighted by Gasteiger charge is -2.32. The molecular weight excluding hydrogens is 295 g/mol. The number of aromatic nitrogens is 1. The molecule has 6 heteroatoms. The standard InChI is InChI=1S/C17H25FN4O/c1-23-16-10(9-2-3-9)6-15(20)21-17(16)22-7-11-12(8-22)14(19)5-4-13(11)18/h6,9,11-14H,2-5,7-8,19H2,1H3,(H2,20,21). The predicted octanol–water partition coefficient (Wildman–Crippen LogP) is 2.06. The van der Waals surface area contributed by atoms with Crippen molar-refractivity contribution in [2.24, 2.45) is 17.6 Å². The van der Waals surface area contributed by atoms with Gasteiger partial charge in [-0.2, -0.15) is 0 Å². The molecule has 2 aliphatic carbocycles. The Balaban J connectivity index is 1.68. The minimum Gasteiger partial charge on any atom is -0.493 e. The second-order valence-corrected chi connectivity index (χ2v) is 7.26. The molecule has 0 amide bonds. The average molecular weight is 320 g/mol. The first-order chi connectivity index (χ1) is 11.1. The number of methoxy groups -OCH3 is 1. The smallest absolute Gasteiger partial charge is 0.173 e. The van der Waals surface area contributed by atoms with Crippen molar-refractivity contribution in [2.45, 2.75) is 43.8 Å². The van der Waals surface area contributed by atoms with E-state index in [0.717, 1.165) is 30.1 Å². The van der Waals surface area contributed by atoms with Crippen LogP contribution in [0.4, 0.5) is 16.0 Å². The number of pyridine rings is 1. The monoisotopic (exact) mass is 320 g/mol. The van der Waals surface area contributed by atoms with E-state index in [2.05, 4.69) is 9.88 Å². The van der Waals surface area contributed by atoms with E-state index in [-0.39, 0.29) is 17.9 Å². The van der Waals surface area contributed by atoms with Crippen LogP contribution in [0, 0.1) is 11.8 Å². The lowest BCUT2D eigenvalue weighted by molar-refractivity contribution is 0.125. The van der Waals surface area contributed by atoms with Gasteiger partial charge in [0.2, 0.25) is 0 Å². The van der Waals surface area contributed by atoms with E-state index in [1.165, 1.54) is 12.8 Å². The minimum atomic E-state index is -0.764. The predicted molar refractivity (Wildman–Crippen MR) is 88.5 cm³/mol. The van der Waals surface area contributed by atoms with Gasteiger partial charge in [-0.3, -0.25) is 0 Å². The molecule has 0 bridgehead atoms. The topological polar surface area (TPSA) is 77.4 Å². The van der Waals surface area contributed by atoms with Gasteiger partial charge in [0, 0.05) is 30.6 Å². The van der Waals surface area contributed by atoms with Crippen LogP contribution in [0.2, 0.25) is 0 Å². The average Bonchev–Trinajstić information content (AvgIpc) is 3.28. The third-order valence-electron chi connectivity index (χ3n) is 5.73. The first kappa shape index (κ1) is 15.0. The Hall–Kier alpha value is -1.56. The molecule has 4 unspecified atom stereocenters. The molecule has 3 aliphatic rings. The van der Waals surface area contributed by atoms with Gasteiger partial charge < -0.3 is 21.1 Å². The molecular formula is C17H25FN4O. The number of hydrogen-bond donors (Lipinski definition) is 2. The Morgan fingerprint density at radius 3 is 2.61 bits per heavy atom. The highest BCUT2D eigenvalue weighted by Gasteiger charge is 2.45. The van der Waals surface area contributed by atoms with Gasteiger partial charge in [-0.15, -0.1) is 0 Å². The number of alkyl halides is 1. The maximum absolute atomic E-state index is 14.3. The summed E-state index contributed by atoms with van der Waals surface area (Å²) in [5.41, 5.74) is 13.4. The molecule has 23 heavy (non-hydrogen) atoms. The van der Waals surface area contributed by atoms with Crippen LogP contribution in [0.3, 0.4) is 0 Å². The zero-order chi connectivity index (χ0) is 16.1. The maximum Gasteiger partial charge on any atom is 0.173 e. The molecule has 0 aromatic carbocycles. The van der Waals surface area contributed by atoms with Crippen LogP contribution < -0.4 is 21.1 Å². The molecule has 0 radical (unpaired) electrons. The van der Waals surface area contributed by atoms with Crippen molar-refractivity contribution in [3.05, 3.63) is 11.6 Å². The number of nitrogen functional groups attached to an aromatic ring is 1. The highest BCUT2D eigenvalue weighted by Crippen LogP contribution is 2.49. The molecule has 0 spiro atoms. The summed E-state index contributed by atoms with van der Waals surface area (Å²) >= 11 is 0. The fraction of sp³-hybridized carbons (Fsp3) is 0.706. The van der Waals surface area contributed by atoms with Crippen LogP contribution in [0.1, 0.15) is 37.2 Å². The summed E-state index contributed by atoms with van der Waals surface area (Å²) in [7, 11) is 1.68. The Morgan fingerprint density at radius 2 is 1.96 bits per heavy atom. The normalized spacial score (nSPS) is 33.6. The second kappa shape index (κ2) is 5.51. The Kier molecular flexibility index (Phi) is 3.59. The van der Waals surface area contributed by atoms with Crippen molar-refractivity contribution in [1.82, 2.24) is 4.98 Å². The highest BCUT2D eigenvalue weighted by atomic mass is 19.1. The van der Waals surface area contributed by atoms with Crippen LogP contribution in [0.5, 0.6) is 5.75 Å². The third-order valence-corrected chi connectivity index (χ3v) is 5.73. The Labute approximate surface area is 136 Å². The summed E-state index contributed by atoms with van der Waals surface area (Å²) < 4.78 is 20.0. The molecule has 1 saturated heterocycles. The largest absolute Gasteiger partial charge is 0.493 e. The maximum atomic E-state index is 14.3. The molecule has 4 rings (SSSR count).